The van der Waals surface area contributed by atoms with Crippen LogP contribution in [0.3, 0.4) is 0 Å². The number of likely N-dealkylation sites (N-methyl/N-ethyl adjacent to an activating group) is 1. The summed E-state index contributed by atoms with van der Waals surface area (Å²) in [6, 6.07) is 5.02. The number of fused-ring (bicyclic) bond motifs is 1. The minimum atomic E-state index is -0.593. The molecule has 3 aromatic rings. The number of aromatic nitrogens is 4. The van der Waals surface area contributed by atoms with Crippen molar-refractivity contribution < 1.29 is 13.9 Å². The van der Waals surface area contributed by atoms with Crippen molar-refractivity contribution in [2.75, 3.05) is 45.3 Å². The van der Waals surface area contributed by atoms with Crippen LogP contribution in [0.4, 0.5) is 10.2 Å². The average molecular weight is 512 g/mol. The molecule has 5 rings (SSSR count). The second-order valence-electron chi connectivity index (χ2n) is 9.97. The van der Waals surface area contributed by atoms with Crippen LogP contribution in [-0.4, -0.2) is 82.9 Å². The Morgan fingerprint density at radius 2 is 1.89 bits per heavy atom. The Balaban J connectivity index is 1.70. The molecule has 0 unspecified atom stereocenters. The summed E-state index contributed by atoms with van der Waals surface area (Å²) in [5, 5.41) is 3.42. The molecule has 37 heavy (non-hydrogen) atoms. The maximum Gasteiger partial charge on any atom is 0.319 e. The highest BCUT2D eigenvalue weighted by atomic mass is 19.1. The molecule has 2 aliphatic heterocycles. The number of nitrogens with zero attached hydrogens (tertiary/aromatic N) is 6. The van der Waals surface area contributed by atoms with Gasteiger partial charge in [-0.2, -0.15) is 9.97 Å². The number of hydrogen-bond acceptors (Lipinski definition) is 9. The zero-order valence-electron chi connectivity index (χ0n) is 22.0. The molecule has 2 aromatic heterocycles. The van der Waals surface area contributed by atoms with E-state index >= 15 is 4.39 Å². The molecular formula is C26H34FN7O3. The van der Waals surface area contributed by atoms with Gasteiger partial charge in [-0.15, -0.1) is 0 Å². The Kier molecular flexibility index (Phi) is 7.00. The number of aryl methyl sites for hydroxylation is 1. The van der Waals surface area contributed by atoms with Crippen molar-refractivity contribution in [2.45, 2.75) is 51.7 Å². The van der Waals surface area contributed by atoms with Gasteiger partial charge in [0.2, 0.25) is 0 Å². The number of anilines is 1. The van der Waals surface area contributed by atoms with E-state index < -0.39 is 11.4 Å². The number of rotatable bonds is 6. The summed E-state index contributed by atoms with van der Waals surface area (Å²) in [6.45, 7) is 8.84. The Labute approximate surface area is 215 Å². The summed E-state index contributed by atoms with van der Waals surface area (Å²) >= 11 is 0. The molecule has 3 atom stereocenters. The monoisotopic (exact) mass is 511 g/mol. The van der Waals surface area contributed by atoms with Gasteiger partial charge in [0, 0.05) is 31.2 Å². The van der Waals surface area contributed by atoms with E-state index in [0.29, 0.717) is 23.8 Å². The van der Waals surface area contributed by atoms with Gasteiger partial charge in [-0.1, -0.05) is 6.07 Å². The number of halogens is 1. The van der Waals surface area contributed by atoms with Crippen LogP contribution in [0.2, 0.25) is 0 Å². The predicted molar refractivity (Wildman–Crippen MR) is 140 cm³/mol. The first-order valence-electron chi connectivity index (χ1n) is 12.8. The van der Waals surface area contributed by atoms with E-state index in [0.717, 1.165) is 32.5 Å². The number of methoxy groups -OCH3 is 1. The van der Waals surface area contributed by atoms with Crippen molar-refractivity contribution in [1.29, 1.82) is 0 Å². The van der Waals surface area contributed by atoms with E-state index in [1.54, 1.807) is 13.0 Å². The molecule has 1 aromatic carbocycles. The lowest BCUT2D eigenvalue weighted by Crippen LogP contribution is -2.55. The van der Waals surface area contributed by atoms with Crippen LogP contribution in [0.1, 0.15) is 32.5 Å². The molecule has 0 amide bonds. The van der Waals surface area contributed by atoms with Crippen LogP contribution in [-0.2, 0) is 0 Å². The highest BCUT2D eigenvalue weighted by molar-refractivity contribution is 5.86. The SMILES string of the molecule is COc1cccc(F)c1-n1c(C)nc2c(N3[C@@H](C)CNC[C@@H]3C)nc(OC[C@@H]3CCCN3C)nc2c1=O. The summed E-state index contributed by atoms with van der Waals surface area (Å²) in [4.78, 5) is 32.4. The molecule has 2 fully saturated rings. The van der Waals surface area contributed by atoms with Crippen LogP contribution in [0.25, 0.3) is 16.7 Å². The second-order valence-corrected chi connectivity index (χ2v) is 9.97. The molecule has 11 heteroatoms. The first kappa shape index (κ1) is 25.3. The van der Waals surface area contributed by atoms with Gasteiger partial charge in [-0.3, -0.25) is 9.36 Å². The fourth-order valence-electron chi connectivity index (χ4n) is 5.44. The molecule has 0 saturated carbocycles. The second kappa shape index (κ2) is 10.2. The number of benzene rings is 1. The van der Waals surface area contributed by atoms with Crippen LogP contribution in [0.15, 0.2) is 23.0 Å². The molecule has 2 aliphatic rings. The van der Waals surface area contributed by atoms with E-state index in [9.17, 15) is 4.79 Å². The summed E-state index contributed by atoms with van der Waals surface area (Å²) < 4.78 is 27.7. The maximum atomic E-state index is 15.0. The normalized spacial score (nSPS) is 22.5. The molecule has 0 aliphatic carbocycles. The Morgan fingerprint density at radius 3 is 2.57 bits per heavy atom. The Morgan fingerprint density at radius 1 is 1.14 bits per heavy atom. The molecule has 0 spiro atoms. The predicted octanol–water partition coefficient (Wildman–Crippen LogP) is 2.29. The number of para-hydroxylation sites is 1. The Bertz CT molecular complexity index is 1350. The van der Waals surface area contributed by atoms with Crippen LogP contribution < -0.4 is 25.2 Å². The van der Waals surface area contributed by atoms with Gasteiger partial charge in [0.15, 0.2) is 17.2 Å². The lowest BCUT2D eigenvalue weighted by Gasteiger charge is -2.40. The van der Waals surface area contributed by atoms with Crippen molar-refractivity contribution in [1.82, 2.24) is 29.7 Å². The fraction of sp³-hybridized carbons (Fsp3) is 0.538. The van der Waals surface area contributed by atoms with Crippen LogP contribution >= 0.6 is 0 Å². The highest BCUT2D eigenvalue weighted by Gasteiger charge is 2.31. The summed E-state index contributed by atoms with van der Waals surface area (Å²) in [5.74, 6) is 0.493. The van der Waals surface area contributed by atoms with E-state index in [1.165, 1.54) is 23.8 Å². The quantitative estimate of drug-likeness (QED) is 0.535. The lowest BCUT2D eigenvalue weighted by molar-refractivity contribution is 0.188. The largest absolute Gasteiger partial charge is 0.494 e. The van der Waals surface area contributed by atoms with Gasteiger partial charge in [-0.05, 0) is 59.3 Å². The average Bonchev–Trinajstić information content (AvgIpc) is 3.28. The van der Waals surface area contributed by atoms with Crippen LogP contribution in [0, 0.1) is 12.7 Å². The molecule has 2 saturated heterocycles. The minimum absolute atomic E-state index is 0.000944. The van der Waals surface area contributed by atoms with E-state index in [-0.39, 0.29) is 41.1 Å². The van der Waals surface area contributed by atoms with E-state index in [1.807, 2.05) is 0 Å². The standard InChI is InChI=1S/C26H34FN7O3/c1-15-12-28-13-16(2)33(15)24-21-22(30-26(31-24)37-14-18-8-7-11-32(18)4)25(35)34(17(3)29-21)23-19(27)9-6-10-20(23)36-5/h6,9-10,15-16,18,28H,7-8,11-14H2,1-5H3/t15-,16-,18-/m0/s1. The molecule has 0 bridgehead atoms. The summed E-state index contributed by atoms with van der Waals surface area (Å²) in [7, 11) is 3.51. The molecule has 1 N–H and O–H groups in total. The molecule has 0 radical (unpaired) electrons. The van der Waals surface area contributed by atoms with Gasteiger partial charge in [-0.25, -0.2) is 9.37 Å². The topological polar surface area (TPSA) is 97.6 Å². The van der Waals surface area contributed by atoms with Crippen molar-refractivity contribution in [3.05, 3.63) is 40.2 Å². The van der Waals surface area contributed by atoms with Crippen molar-refractivity contribution >= 4 is 16.9 Å². The molecular weight excluding hydrogens is 477 g/mol. The van der Waals surface area contributed by atoms with Gasteiger partial charge in [0.1, 0.15) is 29.4 Å². The number of hydrogen-bond donors (Lipinski definition) is 1. The number of nitrogens with one attached hydrogen (secondary N) is 1. The lowest BCUT2D eigenvalue weighted by atomic mass is 10.1. The van der Waals surface area contributed by atoms with Gasteiger partial charge >= 0.3 is 6.01 Å². The first-order chi connectivity index (χ1) is 17.8. The number of likely N-dealkylation sites (tertiary alicyclic amines) is 1. The van der Waals surface area contributed by atoms with Crippen LogP contribution in [0.5, 0.6) is 11.8 Å². The van der Waals surface area contributed by atoms with Crippen molar-refractivity contribution in [3.8, 4) is 17.4 Å². The maximum absolute atomic E-state index is 15.0. The first-order valence-corrected chi connectivity index (χ1v) is 12.8. The zero-order chi connectivity index (χ0) is 26.3. The zero-order valence-corrected chi connectivity index (χ0v) is 22.0. The fourth-order valence-corrected chi connectivity index (χ4v) is 5.44. The van der Waals surface area contributed by atoms with E-state index in [4.69, 9.17) is 19.4 Å². The van der Waals surface area contributed by atoms with Gasteiger partial charge in [0.25, 0.3) is 5.56 Å². The Hall–Kier alpha value is -3.31. The summed E-state index contributed by atoms with van der Waals surface area (Å²) in [6.07, 6.45) is 2.14. The molecule has 198 valence electrons. The third-order valence-corrected chi connectivity index (χ3v) is 7.39. The summed E-state index contributed by atoms with van der Waals surface area (Å²) in [5.41, 5.74) is -0.0533. The van der Waals surface area contributed by atoms with Gasteiger partial charge in [0.05, 0.1) is 7.11 Å². The van der Waals surface area contributed by atoms with E-state index in [2.05, 4.69) is 41.0 Å². The van der Waals surface area contributed by atoms with Crippen molar-refractivity contribution in [3.63, 3.8) is 0 Å². The minimum Gasteiger partial charge on any atom is -0.494 e. The molecule has 10 nitrogen and oxygen atoms in total. The third kappa shape index (κ3) is 4.61. The van der Waals surface area contributed by atoms with Gasteiger partial charge < -0.3 is 24.6 Å². The van der Waals surface area contributed by atoms with Crippen molar-refractivity contribution in [2.24, 2.45) is 0 Å². The highest BCUT2D eigenvalue weighted by Crippen LogP contribution is 2.30. The smallest absolute Gasteiger partial charge is 0.319 e. The number of piperazine rings is 1. The molecule has 4 heterocycles. The third-order valence-electron chi connectivity index (χ3n) is 7.39. The number of ether oxygens (including phenoxy) is 2.